The second kappa shape index (κ2) is 15.3. The molecule has 2 amide bonds. The van der Waals surface area contributed by atoms with Crippen LogP contribution in [0.1, 0.15) is 44.6 Å². The molecule has 13 heteroatoms. The molecule has 6 rings (SSSR count). The van der Waals surface area contributed by atoms with Crippen LogP contribution in [0.5, 0.6) is 11.5 Å². The number of carbonyl (C=O) groups excluding carboxylic acids is 2. The van der Waals surface area contributed by atoms with Crippen molar-refractivity contribution in [2.24, 2.45) is 5.10 Å². The summed E-state index contributed by atoms with van der Waals surface area (Å²) in [5.41, 5.74) is 3.13. The van der Waals surface area contributed by atoms with Crippen LogP contribution >= 0.6 is 23.1 Å². The van der Waals surface area contributed by atoms with Gasteiger partial charge >= 0.3 is 0 Å². The first-order valence-electron chi connectivity index (χ1n) is 15.2. The summed E-state index contributed by atoms with van der Waals surface area (Å²) in [7, 11) is 3.05. The van der Waals surface area contributed by atoms with Crippen molar-refractivity contribution in [2.75, 3.05) is 20.0 Å². The zero-order chi connectivity index (χ0) is 33.5. The van der Waals surface area contributed by atoms with Gasteiger partial charge in [0.05, 0.1) is 43.1 Å². The zero-order valence-electron chi connectivity index (χ0n) is 26.3. The van der Waals surface area contributed by atoms with Gasteiger partial charge in [0.15, 0.2) is 11.0 Å². The summed E-state index contributed by atoms with van der Waals surface area (Å²) >= 11 is 2.83. The molecule has 0 saturated heterocycles. The molecule has 0 radical (unpaired) electrons. The Balaban J connectivity index is 1.20. The average Bonchev–Trinajstić information content (AvgIpc) is 3.90. The monoisotopic (exact) mass is 684 g/mol. The van der Waals surface area contributed by atoms with Gasteiger partial charge in [-0.3, -0.25) is 9.59 Å². The third-order valence-electron chi connectivity index (χ3n) is 7.83. The highest BCUT2D eigenvalue weighted by Gasteiger charge is 2.33. The Labute approximate surface area is 285 Å². The fraction of sp³-hybridized carbons (Fsp3) is 0.229. The van der Waals surface area contributed by atoms with Crippen LogP contribution in [-0.4, -0.2) is 57.3 Å². The lowest BCUT2D eigenvalue weighted by Crippen LogP contribution is -2.28. The van der Waals surface area contributed by atoms with Gasteiger partial charge < -0.3 is 19.4 Å². The van der Waals surface area contributed by atoms with E-state index in [1.165, 1.54) is 43.1 Å². The highest BCUT2D eigenvalue weighted by atomic mass is 32.2. The fourth-order valence-electron chi connectivity index (χ4n) is 5.34. The SMILES string of the molecule is COc1cc(OC)cc(C(=O)NCc2nnc(SCC(=O)N3N=C(c4cccs4)C[C@@H]3c3ccc(F)cc3)n2CCc2ccccc2)c1. The van der Waals surface area contributed by atoms with E-state index >= 15 is 0 Å². The molecule has 0 saturated carbocycles. The number of thioether (sulfide) groups is 1. The second-order valence-electron chi connectivity index (χ2n) is 10.9. The van der Waals surface area contributed by atoms with Gasteiger partial charge in [-0.25, -0.2) is 9.40 Å². The van der Waals surface area contributed by atoms with E-state index in [0.717, 1.165) is 21.7 Å². The van der Waals surface area contributed by atoms with E-state index in [9.17, 15) is 14.0 Å². The maximum atomic E-state index is 13.8. The van der Waals surface area contributed by atoms with Crippen molar-refractivity contribution in [1.29, 1.82) is 0 Å². The molecular weight excluding hydrogens is 652 g/mol. The van der Waals surface area contributed by atoms with Crippen LogP contribution in [-0.2, 0) is 24.3 Å². The number of nitrogens with zero attached hydrogens (tertiary/aromatic N) is 5. The minimum absolute atomic E-state index is 0.0539. The molecule has 0 fully saturated rings. The summed E-state index contributed by atoms with van der Waals surface area (Å²) in [6.07, 6.45) is 1.22. The van der Waals surface area contributed by atoms with Gasteiger partial charge in [0.25, 0.3) is 11.8 Å². The number of aromatic nitrogens is 3. The summed E-state index contributed by atoms with van der Waals surface area (Å²) in [5, 5.41) is 20.5. The summed E-state index contributed by atoms with van der Waals surface area (Å²) in [4.78, 5) is 27.9. The topological polar surface area (TPSA) is 111 Å². The maximum Gasteiger partial charge on any atom is 0.253 e. The van der Waals surface area contributed by atoms with Crippen LogP contribution in [0.25, 0.3) is 0 Å². The van der Waals surface area contributed by atoms with Crippen molar-refractivity contribution >= 4 is 40.6 Å². The van der Waals surface area contributed by atoms with E-state index in [1.54, 1.807) is 41.7 Å². The lowest BCUT2D eigenvalue weighted by Gasteiger charge is -2.22. The van der Waals surface area contributed by atoms with E-state index in [-0.39, 0.29) is 36.0 Å². The minimum atomic E-state index is -0.354. The van der Waals surface area contributed by atoms with Gasteiger partial charge in [0.1, 0.15) is 17.3 Å². The third-order valence-corrected chi connectivity index (χ3v) is 9.70. The number of rotatable bonds is 13. The van der Waals surface area contributed by atoms with Gasteiger partial charge in [-0.05, 0) is 53.3 Å². The number of nitrogens with one attached hydrogen (secondary N) is 1. The predicted molar refractivity (Wildman–Crippen MR) is 183 cm³/mol. The van der Waals surface area contributed by atoms with Gasteiger partial charge in [0, 0.05) is 24.6 Å². The average molecular weight is 685 g/mol. The van der Waals surface area contributed by atoms with E-state index in [0.29, 0.717) is 47.4 Å². The molecule has 10 nitrogen and oxygen atoms in total. The first kappa shape index (κ1) is 32.9. The van der Waals surface area contributed by atoms with E-state index < -0.39 is 0 Å². The Kier molecular flexibility index (Phi) is 10.5. The number of benzene rings is 3. The number of carbonyl (C=O) groups is 2. The van der Waals surface area contributed by atoms with Crippen LogP contribution in [0.3, 0.4) is 0 Å². The van der Waals surface area contributed by atoms with Gasteiger partial charge in [-0.2, -0.15) is 5.10 Å². The molecule has 5 aromatic rings. The number of hydrogen-bond donors (Lipinski definition) is 1. The first-order valence-corrected chi connectivity index (χ1v) is 17.1. The summed E-state index contributed by atoms with van der Waals surface area (Å²) in [6, 6.07) is 24.8. The van der Waals surface area contributed by atoms with Crippen molar-refractivity contribution < 1.29 is 23.5 Å². The van der Waals surface area contributed by atoms with Crippen LogP contribution < -0.4 is 14.8 Å². The Bertz CT molecular complexity index is 1880. The zero-order valence-corrected chi connectivity index (χ0v) is 28.0. The van der Waals surface area contributed by atoms with Gasteiger partial charge in [0.2, 0.25) is 0 Å². The van der Waals surface area contributed by atoms with E-state index in [4.69, 9.17) is 14.6 Å². The molecule has 0 spiro atoms. The van der Waals surface area contributed by atoms with Crippen molar-refractivity contribution in [1.82, 2.24) is 25.1 Å². The Hall–Kier alpha value is -5.01. The van der Waals surface area contributed by atoms with E-state index in [1.807, 2.05) is 52.4 Å². The molecule has 246 valence electrons. The Morgan fingerprint density at radius 1 is 0.979 bits per heavy atom. The minimum Gasteiger partial charge on any atom is -0.497 e. The largest absolute Gasteiger partial charge is 0.497 e. The number of methoxy groups -OCH3 is 2. The summed E-state index contributed by atoms with van der Waals surface area (Å²) < 4.78 is 26.3. The Morgan fingerprint density at radius 2 is 1.73 bits per heavy atom. The quantitative estimate of drug-likeness (QED) is 0.148. The van der Waals surface area contributed by atoms with Crippen molar-refractivity contribution in [2.45, 2.75) is 37.1 Å². The number of hydrogen-bond acceptors (Lipinski definition) is 9. The molecule has 1 aliphatic heterocycles. The lowest BCUT2D eigenvalue weighted by molar-refractivity contribution is -0.130. The normalized spacial score (nSPS) is 14.1. The summed E-state index contributed by atoms with van der Waals surface area (Å²) in [5.74, 6) is 0.732. The molecule has 1 N–H and O–H groups in total. The van der Waals surface area contributed by atoms with Crippen molar-refractivity contribution in [3.05, 3.63) is 124 Å². The molecule has 2 aromatic heterocycles. The number of aryl methyl sites for hydroxylation is 1. The molecular formula is C35H33FN6O4S2. The molecule has 3 heterocycles. The van der Waals surface area contributed by atoms with Crippen LogP contribution in [0.2, 0.25) is 0 Å². The summed E-state index contributed by atoms with van der Waals surface area (Å²) in [6.45, 7) is 0.649. The standard InChI is InChI=1S/C35H33FN6O4S2/c1-45-27-17-25(18-28(19-27)46-2)34(44)37-21-32-38-39-35(41(32)15-14-23-7-4-3-5-8-23)48-22-33(43)42-30(24-10-12-26(36)13-11-24)20-29(40-42)31-9-6-16-47-31/h3-13,16-19,30H,14-15,20-22H2,1-2H3,(H,37,44)/t30-/m1/s1. The van der Waals surface area contributed by atoms with Crippen LogP contribution in [0, 0.1) is 5.82 Å². The molecule has 3 aromatic carbocycles. The third kappa shape index (κ3) is 7.75. The number of amides is 2. The van der Waals surface area contributed by atoms with Crippen molar-refractivity contribution in [3.63, 3.8) is 0 Å². The smallest absolute Gasteiger partial charge is 0.253 e. The van der Waals surface area contributed by atoms with Crippen LogP contribution in [0.4, 0.5) is 4.39 Å². The fourth-order valence-corrected chi connectivity index (χ4v) is 6.89. The molecule has 0 aliphatic carbocycles. The number of thiophene rings is 1. The van der Waals surface area contributed by atoms with E-state index in [2.05, 4.69) is 15.5 Å². The number of halogens is 1. The van der Waals surface area contributed by atoms with Gasteiger partial charge in [-0.15, -0.1) is 21.5 Å². The lowest BCUT2D eigenvalue weighted by atomic mass is 10.0. The second-order valence-corrected chi connectivity index (χ2v) is 12.8. The molecule has 1 atom stereocenters. The van der Waals surface area contributed by atoms with Crippen LogP contribution in [0.15, 0.2) is 101 Å². The molecule has 0 unspecified atom stereocenters. The van der Waals surface area contributed by atoms with Gasteiger partial charge in [-0.1, -0.05) is 60.3 Å². The number of hydrazone groups is 1. The first-order chi connectivity index (χ1) is 23.4. The van der Waals surface area contributed by atoms with Crippen molar-refractivity contribution in [3.8, 4) is 11.5 Å². The highest BCUT2D eigenvalue weighted by Crippen LogP contribution is 2.35. The molecule has 1 aliphatic rings. The Morgan fingerprint density at radius 3 is 2.42 bits per heavy atom. The molecule has 0 bridgehead atoms. The number of ether oxygens (including phenoxy) is 2. The highest BCUT2D eigenvalue weighted by molar-refractivity contribution is 7.99. The maximum absolute atomic E-state index is 13.8. The molecule has 48 heavy (non-hydrogen) atoms. The predicted octanol–water partition coefficient (Wildman–Crippen LogP) is 6.14.